The van der Waals surface area contributed by atoms with Gasteiger partial charge in [-0.25, -0.2) is 8.78 Å². The molecule has 1 aromatic rings. The predicted molar refractivity (Wildman–Crippen MR) is 53.8 cm³/mol. The summed E-state index contributed by atoms with van der Waals surface area (Å²) in [5.74, 6) is -1.06. The first-order chi connectivity index (χ1) is 6.65. The fourth-order valence-electron chi connectivity index (χ4n) is 1.11. The molecule has 76 valence electrons. The zero-order chi connectivity index (χ0) is 10.6. The molecule has 0 heterocycles. The van der Waals surface area contributed by atoms with Gasteiger partial charge >= 0.3 is 0 Å². The van der Waals surface area contributed by atoms with Crippen LogP contribution < -0.4 is 5.73 Å². The smallest absolute Gasteiger partial charge is 0.133 e. The van der Waals surface area contributed by atoms with E-state index in [-0.39, 0.29) is 0 Å². The quantitative estimate of drug-likeness (QED) is 0.792. The van der Waals surface area contributed by atoms with Crippen LogP contribution in [0.2, 0.25) is 0 Å². The van der Waals surface area contributed by atoms with Crippen molar-refractivity contribution in [3.63, 3.8) is 0 Å². The van der Waals surface area contributed by atoms with Crippen LogP contribution in [0.3, 0.4) is 0 Å². The predicted octanol–water partition coefficient (Wildman–Crippen LogP) is 2.64. The van der Waals surface area contributed by atoms with Crippen molar-refractivity contribution in [1.82, 2.24) is 0 Å². The third-order valence-electron chi connectivity index (χ3n) is 1.91. The molecule has 1 rings (SSSR count). The van der Waals surface area contributed by atoms with Gasteiger partial charge in [0.25, 0.3) is 0 Å². The molecule has 0 amide bonds. The van der Waals surface area contributed by atoms with E-state index in [1.54, 1.807) is 19.1 Å². The lowest BCUT2D eigenvalue weighted by Gasteiger charge is -2.00. The van der Waals surface area contributed by atoms with Crippen LogP contribution in [0.5, 0.6) is 0 Å². The minimum absolute atomic E-state index is 0.400. The number of hydrogen-bond acceptors (Lipinski definition) is 1. The van der Waals surface area contributed by atoms with Gasteiger partial charge in [0.2, 0.25) is 0 Å². The van der Waals surface area contributed by atoms with Gasteiger partial charge < -0.3 is 5.73 Å². The number of hydrogen-bond donors (Lipinski definition) is 1. The molecule has 0 aromatic heterocycles. The molecule has 0 saturated carbocycles. The highest BCUT2D eigenvalue weighted by molar-refractivity contribution is 5.51. The maximum absolute atomic E-state index is 13.1. The molecule has 0 aliphatic rings. The largest absolute Gasteiger partial charge is 0.330 e. The van der Waals surface area contributed by atoms with Crippen LogP contribution in [0.1, 0.15) is 17.5 Å². The molecule has 0 radical (unpaired) electrons. The second-order valence-electron chi connectivity index (χ2n) is 3.10. The summed E-state index contributed by atoms with van der Waals surface area (Å²) in [4.78, 5) is 0. The Hall–Kier alpha value is -1.22. The van der Waals surface area contributed by atoms with Crippen molar-refractivity contribution >= 4 is 6.08 Å². The van der Waals surface area contributed by atoms with Gasteiger partial charge in [-0.15, -0.1) is 0 Å². The Labute approximate surface area is 82.2 Å². The molecule has 1 aromatic carbocycles. The maximum atomic E-state index is 13.1. The molecule has 0 aliphatic carbocycles. The SMILES string of the molecule is Cc1cc(/C=C/CCN)c(F)cc1F. The van der Waals surface area contributed by atoms with E-state index in [1.807, 2.05) is 0 Å². The Bertz CT molecular complexity index is 345. The fourth-order valence-corrected chi connectivity index (χ4v) is 1.11. The average molecular weight is 197 g/mol. The van der Waals surface area contributed by atoms with Gasteiger partial charge in [-0.1, -0.05) is 12.2 Å². The van der Waals surface area contributed by atoms with Crippen LogP contribution in [0.4, 0.5) is 8.78 Å². The van der Waals surface area contributed by atoms with Crippen molar-refractivity contribution in [2.75, 3.05) is 6.54 Å². The summed E-state index contributed by atoms with van der Waals surface area (Å²) in [5, 5.41) is 0. The summed E-state index contributed by atoms with van der Waals surface area (Å²) >= 11 is 0. The van der Waals surface area contributed by atoms with Gasteiger partial charge in [-0.3, -0.25) is 0 Å². The molecular weight excluding hydrogens is 184 g/mol. The first-order valence-electron chi connectivity index (χ1n) is 4.47. The Balaban J connectivity index is 2.92. The van der Waals surface area contributed by atoms with Crippen LogP contribution in [-0.2, 0) is 0 Å². The van der Waals surface area contributed by atoms with E-state index >= 15 is 0 Å². The normalized spacial score (nSPS) is 11.1. The van der Waals surface area contributed by atoms with Crippen molar-refractivity contribution in [2.24, 2.45) is 5.73 Å². The molecule has 0 saturated heterocycles. The van der Waals surface area contributed by atoms with Crippen LogP contribution in [0.15, 0.2) is 18.2 Å². The third-order valence-corrected chi connectivity index (χ3v) is 1.91. The van der Waals surface area contributed by atoms with E-state index in [1.165, 1.54) is 6.07 Å². The topological polar surface area (TPSA) is 26.0 Å². The zero-order valence-corrected chi connectivity index (χ0v) is 8.06. The van der Waals surface area contributed by atoms with Crippen molar-refractivity contribution in [1.29, 1.82) is 0 Å². The molecule has 1 nitrogen and oxygen atoms in total. The van der Waals surface area contributed by atoms with Crippen molar-refractivity contribution in [2.45, 2.75) is 13.3 Å². The van der Waals surface area contributed by atoms with Crippen molar-refractivity contribution in [3.05, 3.63) is 41.0 Å². The highest BCUT2D eigenvalue weighted by Crippen LogP contribution is 2.15. The van der Waals surface area contributed by atoms with Crippen LogP contribution >= 0.6 is 0 Å². The summed E-state index contributed by atoms with van der Waals surface area (Å²) in [5.41, 5.74) is 6.12. The second-order valence-corrected chi connectivity index (χ2v) is 3.10. The summed E-state index contributed by atoms with van der Waals surface area (Å²) in [6.45, 7) is 2.13. The number of benzene rings is 1. The minimum Gasteiger partial charge on any atom is -0.330 e. The lowest BCUT2D eigenvalue weighted by atomic mass is 10.1. The molecule has 0 spiro atoms. The Morgan fingerprint density at radius 3 is 2.64 bits per heavy atom. The number of rotatable bonds is 3. The van der Waals surface area contributed by atoms with Crippen LogP contribution in [0, 0.1) is 18.6 Å². The Morgan fingerprint density at radius 2 is 2.00 bits per heavy atom. The van der Waals surface area contributed by atoms with E-state index in [4.69, 9.17) is 5.73 Å². The van der Waals surface area contributed by atoms with Gasteiger partial charge in [0.1, 0.15) is 11.6 Å². The van der Waals surface area contributed by atoms with E-state index in [2.05, 4.69) is 0 Å². The molecule has 0 bridgehead atoms. The van der Waals surface area contributed by atoms with E-state index in [0.717, 1.165) is 6.07 Å². The number of aryl methyl sites for hydroxylation is 1. The summed E-state index contributed by atoms with van der Waals surface area (Å²) in [7, 11) is 0. The molecule has 3 heteroatoms. The van der Waals surface area contributed by atoms with Gasteiger partial charge in [-0.2, -0.15) is 0 Å². The summed E-state index contributed by atoms with van der Waals surface area (Å²) in [6.07, 6.45) is 4.08. The highest BCUT2D eigenvalue weighted by atomic mass is 19.1. The monoisotopic (exact) mass is 197 g/mol. The van der Waals surface area contributed by atoms with Gasteiger partial charge in [0.15, 0.2) is 0 Å². The van der Waals surface area contributed by atoms with E-state index in [9.17, 15) is 8.78 Å². The zero-order valence-electron chi connectivity index (χ0n) is 8.06. The third kappa shape index (κ3) is 2.64. The van der Waals surface area contributed by atoms with Gasteiger partial charge in [0.05, 0.1) is 0 Å². The van der Waals surface area contributed by atoms with Gasteiger partial charge in [-0.05, 0) is 31.5 Å². The maximum Gasteiger partial charge on any atom is 0.133 e. The van der Waals surface area contributed by atoms with Crippen molar-refractivity contribution < 1.29 is 8.78 Å². The minimum atomic E-state index is -0.540. The van der Waals surface area contributed by atoms with Gasteiger partial charge in [0, 0.05) is 11.6 Å². The number of nitrogens with two attached hydrogens (primary N) is 1. The first-order valence-corrected chi connectivity index (χ1v) is 4.47. The molecular formula is C11H13F2N. The first kappa shape index (κ1) is 10.9. The van der Waals surface area contributed by atoms with Crippen molar-refractivity contribution in [3.8, 4) is 0 Å². The molecule has 0 unspecified atom stereocenters. The lowest BCUT2D eigenvalue weighted by Crippen LogP contribution is -1.95. The molecule has 0 atom stereocenters. The molecule has 0 aliphatic heterocycles. The summed E-state index contributed by atoms with van der Waals surface area (Å²) in [6, 6.07) is 2.38. The Kier molecular flexibility index (Phi) is 3.77. The number of halogens is 2. The van der Waals surface area contributed by atoms with Crippen LogP contribution in [-0.4, -0.2) is 6.54 Å². The molecule has 2 N–H and O–H groups in total. The standard InChI is InChI=1S/C11H13F2N/c1-8-6-9(4-2-3-5-14)11(13)7-10(8)12/h2,4,6-7H,3,5,14H2,1H3/b4-2+. The fraction of sp³-hybridized carbons (Fsp3) is 0.273. The van der Waals surface area contributed by atoms with Crippen LogP contribution in [0.25, 0.3) is 6.08 Å². The molecule has 14 heavy (non-hydrogen) atoms. The lowest BCUT2D eigenvalue weighted by molar-refractivity contribution is 0.576. The van der Waals surface area contributed by atoms with E-state index < -0.39 is 11.6 Å². The highest BCUT2D eigenvalue weighted by Gasteiger charge is 2.03. The molecule has 0 fully saturated rings. The second kappa shape index (κ2) is 4.86. The van der Waals surface area contributed by atoms with E-state index in [0.29, 0.717) is 24.1 Å². The summed E-state index contributed by atoms with van der Waals surface area (Å²) < 4.78 is 26.0. The average Bonchev–Trinajstić information content (AvgIpc) is 2.14. The Morgan fingerprint density at radius 1 is 1.29 bits per heavy atom.